The number of nitrogens with one attached hydrogen (secondary N) is 3. The van der Waals surface area contributed by atoms with Gasteiger partial charge in [0.2, 0.25) is 11.8 Å². The second kappa shape index (κ2) is 17.6. The lowest BCUT2D eigenvalue weighted by Gasteiger charge is -2.25. The van der Waals surface area contributed by atoms with Crippen molar-refractivity contribution in [3.05, 3.63) is 152 Å². The van der Waals surface area contributed by atoms with Gasteiger partial charge in [-0.2, -0.15) is 0 Å². The van der Waals surface area contributed by atoms with Gasteiger partial charge >= 0.3 is 5.97 Å². The molecule has 0 aliphatic carbocycles. The molecule has 1 aliphatic rings. The van der Waals surface area contributed by atoms with Crippen LogP contribution in [0.15, 0.2) is 114 Å². The Hall–Kier alpha value is -5.76. The van der Waals surface area contributed by atoms with E-state index in [4.69, 9.17) is 16.3 Å². The molecule has 1 aromatic heterocycles. The lowest BCUT2D eigenvalue weighted by Crippen LogP contribution is -2.33. The van der Waals surface area contributed by atoms with E-state index in [1.807, 2.05) is 30.3 Å². The highest BCUT2D eigenvalue weighted by Crippen LogP contribution is 2.41. The van der Waals surface area contributed by atoms with Crippen LogP contribution in [0.25, 0.3) is 6.08 Å². The van der Waals surface area contributed by atoms with Crippen molar-refractivity contribution in [2.45, 2.75) is 30.0 Å². The maximum Gasteiger partial charge on any atom is 0.341 e. The number of ether oxygens (including phenoxy) is 1. The molecule has 0 fully saturated rings. The Morgan fingerprint density at radius 3 is 2.33 bits per heavy atom. The summed E-state index contributed by atoms with van der Waals surface area (Å²) in [4.78, 5) is 69.2. The molecule has 0 bridgehead atoms. The summed E-state index contributed by atoms with van der Waals surface area (Å²) >= 11 is 8.72. The van der Waals surface area contributed by atoms with E-state index < -0.39 is 34.8 Å². The molecule has 6 rings (SSSR count). The van der Waals surface area contributed by atoms with Gasteiger partial charge in [-0.25, -0.2) is 9.18 Å². The molecule has 0 spiro atoms. The number of anilines is 2. The summed E-state index contributed by atoms with van der Waals surface area (Å²) in [6.45, 7) is 2.26. The first kappa shape index (κ1) is 38.9. The van der Waals surface area contributed by atoms with Gasteiger partial charge in [-0.1, -0.05) is 72.3 Å². The molecule has 0 saturated heterocycles. The predicted molar refractivity (Wildman–Crippen MR) is 212 cm³/mol. The van der Waals surface area contributed by atoms with Crippen molar-refractivity contribution in [3.8, 4) is 0 Å². The highest BCUT2D eigenvalue weighted by Gasteiger charge is 2.32. The van der Waals surface area contributed by atoms with Crippen LogP contribution < -0.4 is 16.0 Å². The fraction of sp³-hybridized carbons (Fsp3) is 0.146. The van der Waals surface area contributed by atoms with Crippen LogP contribution in [0.3, 0.4) is 0 Å². The zero-order valence-electron chi connectivity index (χ0n) is 29.6. The van der Waals surface area contributed by atoms with Gasteiger partial charge in [-0.15, -0.1) is 23.1 Å². The van der Waals surface area contributed by atoms with Crippen LogP contribution in [0.5, 0.6) is 0 Å². The number of thiophene rings is 1. The van der Waals surface area contributed by atoms with E-state index in [0.717, 1.165) is 10.4 Å². The van der Waals surface area contributed by atoms with Crippen LogP contribution >= 0.6 is 34.7 Å². The summed E-state index contributed by atoms with van der Waals surface area (Å²) in [6.07, 6.45) is 1.62. The molecule has 5 aromatic rings. The van der Waals surface area contributed by atoms with Crippen LogP contribution in [0.1, 0.15) is 54.5 Å². The molecular weight excluding hydrogens is 763 g/mol. The Kier molecular flexibility index (Phi) is 12.5. The Morgan fingerprint density at radius 2 is 1.64 bits per heavy atom. The van der Waals surface area contributed by atoms with E-state index in [-0.39, 0.29) is 33.3 Å². The molecule has 280 valence electrons. The SMILES string of the molecule is COC(=O)c1c(NC(=O)C(Sc2cccc(NC(=O)/C(=C\c3c(F)cccc3Cl)NC(=O)c3ccccc3)c2)c2ccccc2)sc2c1CCN(C(C)=O)C2. The van der Waals surface area contributed by atoms with Gasteiger partial charge in [0.15, 0.2) is 0 Å². The molecule has 10 nitrogen and oxygen atoms in total. The second-order valence-corrected chi connectivity index (χ2v) is 15.0. The maximum atomic E-state index is 14.8. The van der Waals surface area contributed by atoms with Crippen molar-refractivity contribution in [1.29, 1.82) is 0 Å². The smallest absolute Gasteiger partial charge is 0.341 e. The second-order valence-electron chi connectivity index (χ2n) is 12.3. The van der Waals surface area contributed by atoms with Crippen molar-refractivity contribution >= 4 is 81.1 Å². The Balaban J connectivity index is 1.27. The molecule has 0 saturated carbocycles. The minimum Gasteiger partial charge on any atom is -0.465 e. The van der Waals surface area contributed by atoms with E-state index in [1.165, 1.54) is 61.4 Å². The van der Waals surface area contributed by atoms with E-state index in [1.54, 1.807) is 59.5 Å². The Labute approximate surface area is 329 Å². The van der Waals surface area contributed by atoms with Gasteiger partial charge in [0.25, 0.3) is 11.8 Å². The van der Waals surface area contributed by atoms with Crippen LogP contribution in [-0.4, -0.2) is 48.2 Å². The number of rotatable bonds is 11. The molecule has 0 radical (unpaired) electrons. The number of halogens is 2. The summed E-state index contributed by atoms with van der Waals surface area (Å²) in [5.41, 5.74) is 1.98. The summed E-state index contributed by atoms with van der Waals surface area (Å²) in [5, 5.41) is 7.88. The summed E-state index contributed by atoms with van der Waals surface area (Å²) in [5.74, 6) is -3.09. The van der Waals surface area contributed by atoms with Gasteiger partial charge in [0, 0.05) is 40.1 Å². The molecule has 1 unspecified atom stereocenters. The minimum absolute atomic E-state index is 0.0438. The van der Waals surface area contributed by atoms with Gasteiger partial charge in [-0.3, -0.25) is 19.2 Å². The number of hydrogen-bond donors (Lipinski definition) is 3. The molecule has 3 N–H and O–H groups in total. The molecular formula is C41H34ClFN4O6S2. The topological polar surface area (TPSA) is 134 Å². The number of fused-ring (bicyclic) bond motifs is 1. The third kappa shape index (κ3) is 9.31. The molecule has 1 aliphatic heterocycles. The molecule has 4 aromatic carbocycles. The number of amides is 4. The molecule has 55 heavy (non-hydrogen) atoms. The van der Waals surface area contributed by atoms with E-state index in [0.29, 0.717) is 40.7 Å². The largest absolute Gasteiger partial charge is 0.465 e. The Morgan fingerprint density at radius 1 is 0.927 bits per heavy atom. The first-order chi connectivity index (χ1) is 26.5. The normalized spacial score (nSPS) is 12.9. The van der Waals surface area contributed by atoms with Gasteiger partial charge in [0.05, 0.1) is 24.2 Å². The van der Waals surface area contributed by atoms with Crippen LogP contribution in [-0.2, 0) is 32.1 Å². The van der Waals surface area contributed by atoms with Crippen molar-refractivity contribution in [2.75, 3.05) is 24.3 Å². The number of hydrogen-bond acceptors (Lipinski definition) is 8. The number of benzene rings is 4. The van der Waals surface area contributed by atoms with Gasteiger partial charge < -0.3 is 25.6 Å². The number of carbonyl (C=O) groups excluding carboxylic acids is 5. The quantitative estimate of drug-likeness (QED) is 0.0699. The number of thioether (sulfide) groups is 1. The number of nitrogens with zero attached hydrogens (tertiary/aromatic N) is 1. The van der Waals surface area contributed by atoms with Crippen molar-refractivity contribution in [3.63, 3.8) is 0 Å². The maximum absolute atomic E-state index is 14.8. The van der Waals surface area contributed by atoms with E-state index >= 15 is 0 Å². The minimum atomic E-state index is -0.811. The Bertz CT molecular complexity index is 2280. The average molecular weight is 797 g/mol. The van der Waals surface area contributed by atoms with Crippen LogP contribution in [0.4, 0.5) is 15.1 Å². The zero-order valence-corrected chi connectivity index (χ0v) is 31.9. The molecule has 4 amide bonds. The highest BCUT2D eigenvalue weighted by molar-refractivity contribution is 8.00. The number of carbonyl (C=O) groups is 5. The standard InChI is InChI=1S/C41H34ClFN4O6S2/c1-24(48)47-20-19-29-34(23-47)55-40(35(29)41(52)53-2)46-39(51)36(25-11-5-3-6-12-25)54-28-16-9-15-27(21-28)44-38(50)33(22-30-31(42)17-10-18-32(30)43)45-37(49)26-13-7-4-8-14-26/h3-18,21-22,36H,19-20,23H2,1-2H3,(H,44,50)(H,45,49)(H,46,51)/b33-22+. The first-order valence-corrected chi connectivity index (χ1v) is 19.0. The van der Waals surface area contributed by atoms with Crippen molar-refractivity contribution in [2.24, 2.45) is 0 Å². The molecule has 14 heteroatoms. The van der Waals surface area contributed by atoms with E-state index in [2.05, 4.69) is 16.0 Å². The van der Waals surface area contributed by atoms with Gasteiger partial charge in [0.1, 0.15) is 21.8 Å². The lowest BCUT2D eigenvalue weighted by molar-refractivity contribution is -0.129. The summed E-state index contributed by atoms with van der Waals surface area (Å²) in [6, 6.07) is 28.2. The zero-order chi connectivity index (χ0) is 39.1. The average Bonchev–Trinajstić information content (AvgIpc) is 3.55. The fourth-order valence-corrected chi connectivity index (χ4v) is 8.43. The molecule has 2 heterocycles. The predicted octanol–water partition coefficient (Wildman–Crippen LogP) is 8.11. The van der Waals surface area contributed by atoms with E-state index in [9.17, 15) is 28.4 Å². The molecule has 1 atom stereocenters. The van der Waals surface area contributed by atoms with Gasteiger partial charge in [-0.05, 0) is 66.1 Å². The van der Waals surface area contributed by atoms with Crippen molar-refractivity contribution in [1.82, 2.24) is 10.2 Å². The third-order valence-electron chi connectivity index (χ3n) is 8.63. The highest BCUT2D eigenvalue weighted by atomic mass is 35.5. The number of esters is 1. The van der Waals surface area contributed by atoms with Crippen LogP contribution in [0, 0.1) is 5.82 Å². The summed E-state index contributed by atoms with van der Waals surface area (Å²) < 4.78 is 19.9. The van der Waals surface area contributed by atoms with Crippen molar-refractivity contribution < 1.29 is 33.1 Å². The lowest BCUT2D eigenvalue weighted by atomic mass is 10.0. The monoisotopic (exact) mass is 796 g/mol. The first-order valence-electron chi connectivity index (χ1n) is 17.0. The summed E-state index contributed by atoms with van der Waals surface area (Å²) in [7, 11) is 1.28. The van der Waals surface area contributed by atoms with Crippen LogP contribution in [0.2, 0.25) is 5.02 Å². The fourth-order valence-electron chi connectivity index (χ4n) is 5.87. The third-order valence-corrected chi connectivity index (χ3v) is 11.3. The number of methoxy groups -OCH3 is 1.